The second-order valence-electron chi connectivity index (χ2n) is 7.16. The molecule has 2 nitrogen and oxygen atoms in total. The van der Waals surface area contributed by atoms with Crippen molar-refractivity contribution >= 4 is 0 Å². The van der Waals surface area contributed by atoms with Gasteiger partial charge in [0.15, 0.2) is 0 Å². The predicted molar refractivity (Wildman–Crippen MR) is 83.5 cm³/mol. The normalized spacial score (nSPS) is 24.9. The summed E-state index contributed by atoms with van der Waals surface area (Å²) in [5.74, 6) is 1.82. The molecule has 0 amide bonds. The predicted octanol–water partition coefficient (Wildman–Crippen LogP) is 3.67. The van der Waals surface area contributed by atoms with Crippen molar-refractivity contribution in [1.82, 2.24) is 10.2 Å². The van der Waals surface area contributed by atoms with Gasteiger partial charge in [0.05, 0.1) is 0 Å². The summed E-state index contributed by atoms with van der Waals surface area (Å²) in [4.78, 5) is 2.83. The largest absolute Gasteiger partial charge is 0.316 e. The summed E-state index contributed by atoms with van der Waals surface area (Å²) in [6, 6.07) is 0.917. The van der Waals surface area contributed by atoms with Crippen LogP contribution >= 0.6 is 0 Å². The third-order valence-corrected chi connectivity index (χ3v) is 5.05. The van der Waals surface area contributed by atoms with E-state index in [1.807, 2.05) is 0 Å². The molecule has 0 aromatic heterocycles. The van der Waals surface area contributed by atoms with E-state index in [-0.39, 0.29) is 0 Å². The van der Waals surface area contributed by atoms with Crippen molar-refractivity contribution in [2.75, 3.05) is 26.2 Å². The SMILES string of the molecule is CC(C)CCN(CCCC1CCNC1)C1CCCC1. The first kappa shape index (κ1) is 15.3. The van der Waals surface area contributed by atoms with Crippen LogP contribution in [0, 0.1) is 11.8 Å². The van der Waals surface area contributed by atoms with Crippen LogP contribution in [0.15, 0.2) is 0 Å². The Morgan fingerprint density at radius 2 is 1.89 bits per heavy atom. The van der Waals surface area contributed by atoms with Crippen molar-refractivity contribution in [3.05, 3.63) is 0 Å². The van der Waals surface area contributed by atoms with Crippen molar-refractivity contribution < 1.29 is 0 Å². The highest BCUT2D eigenvalue weighted by Crippen LogP contribution is 2.25. The summed E-state index contributed by atoms with van der Waals surface area (Å²) in [7, 11) is 0. The van der Waals surface area contributed by atoms with Crippen LogP contribution in [0.25, 0.3) is 0 Å². The minimum Gasteiger partial charge on any atom is -0.316 e. The lowest BCUT2D eigenvalue weighted by molar-refractivity contribution is 0.181. The molecule has 2 rings (SSSR count). The van der Waals surface area contributed by atoms with Gasteiger partial charge >= 0.3 is 0 Å². The Morgan fingerprint density at radius 3 is 2.53 bits per heavy atom. The fraction of sp³-hybridized carbons (Fsp3) is 1.00. The van der Waals surface area contributed by atoms with Crippen molar-refractivity contribution in [2.24, 2.45) is 11.8 Å². The third-order valence-electron chi connectivity index (χ3n) is 5.05. The molecule has 1 atom stereocenters. The van der Waals surface area contributed by atoms with E-state index in [1.165, 1.54) is 77.5 Å². The smallest absolute Gasteiger partial charge is 0.00952 e. The maximum absolute atomic E-state index is 3.49. The molecule has 112 valence electrons. The van der Waals surface area contributed by atoms with Crippen molar-refractivity contribution in [3.8, 4) is 0 Å². The molecule has 1 unspecified atom stereocenters. The fourth-order valence-corrected chi connectivity index (χ4v) is 3.71. The van der Waals surface area contributed by atoms with Gasteiger partial charge in [-0.2, -0.15) is 0 Å². The van der Waals surface area contributed by atoms with Gasteiger partial charge in [0.1, 0.15) is 0 Å². The Balaban J connectivity index is 1.68. The van der Waals surface area contributed by atoms with Crippen LogP contribution in [0.4, 0.5) is 0 Å². The van der Waals surface area contributed by atoms with Crippen molar-refractivity contribution in [1.29, 1.82) is 0 Å². The van der Waals surface area contributed by atoms with E-state index in [4.69, 9.17) is 0 Å². The summed E-state index contributed by atoms with van der Waals surface area (Å²) < 4.78 is 0. The minimum atomic E-state index is 0.850. The van der Waals surface area contributed by atoms with E-state index in [0.29, 0.717) is 0 Å². The Kier molecular flexibility index (Phi) is 6.66. The Hall–Kier alpha value is -0.0800. The molecule has 2 fully saturated rings. The van der Waals surface area contributed by atoms with Crippen LogP contribution in [0.1, 0.15) is 65.2 Å². The van der Waals surface area contributed by atoms with Crippen LogP contribution < -0.4 is 5.32 Å². The molecule has 1 N–H and O–H groups in total. The highest BCUT2D eigenvalue weighted by Gasteiger charge is 2.22. The summed E-state index contributed by atoms with van der Waals surface area (Å²) in [5.41, 5.74) is 0. The molecule has 0 spiro atoms. The topological polar surface area (TPSA) is 15.3 Å². The first-order chi connectivity index (χ1) is 9.25. The molecule has 1 aliphatic carbocycles. The molecule has 2 aliphatic rings. The number of nitrogens with one attached hydrogen (secondary N) is 1. The van der Waals surface area contributed by atoms with E-state index in [2.05, 4.69) is 24.1 Å². The monoisotopic (exact) mass is 266 g/mol. The molecule has 0 aromatic rings. The van der Waals surface area contributed by atoms with Crippen LogP contribution in [0.3, 0.4) is 0 Å². The summed E-state index contributed by atoms with van der Waals surface area (Å²) in [5, 5.41) is 3.49. The number of hydrogen-bond acceptors (Lipinski definition) is 2. The zero-order valence-corrected chi connectivity index (χ0v) is 13.2. The van der Waals surface area contributed by atoms with E-state index in [0.717, 1.165) is 17.9 Å². The summed E-state index contributed by atoms with van der Waals surface area (Å²) >= 11 is 0. The van der Waals surface area contributed by atoms with E-state index >= 15 is 0 Å². The molecule has 0 aromatic carbocycles. The van der Waals surface area contributed by atoms with Gasteiger partial charge in [0.2, 0.25) is 0 Å². The molecule has 19 heavy (non-hydrogen) atoms. The molecule has 1 saturated heterocycles. The average molecular weight is 266 g/mol. The van der Waals surface area contributed by atoms with Crippen LogP contribution in [-0.4, -0.2) is 37.1 Å². The molecular weight excluding hydrogens is 232 g/mol. The average Bonchev–Trinajstić information content (AvgIpc) is 3.05. The fourth-order valence-electron chi connectivity index (χ4n) is 3.71. The second kappa shape index (κ2) is 8.26. The molecule has 1 aliphatic heterocycles. The number of hydrogen-bond donors (Lipinski definition) is 1. The van der Waals surface area contributed by atoms with Gasteiger partial charge in [-0.05, 0) is 76.5 Å². The molecular formula is C17H34N2. The standard InChI is InChI=1S/C17H34N2/c1-15(2)10-13-19(17-7-3-4-8-17)12-5-6-16-9-11-18-14-16/h15-18H,3-14H2,1-2H3. The van der Waals surface area contributed by atoms with E-state index in [1.54, 1.807) is 0 Å². The van der Waals surface area contributed by atoms with Crippen molar-refractivity contribution in [3.63, 3.8) is 0 Å². The minimum absolute atomic E-state index is 0.850. The first-order valence-electron chi connectivity index (χ1n) is 8.70. The number of rotatable bonds is 8. The maximum atomic E-state index is 3.49. The van der Waals surface area contributed by atoms with Gasteiger partial charge in [-0.25, -0.2) is 0 Å². The lowest BCUT2D eigenvalue weighted by Gasteiger charge is -2.30. The van der Waals surface area contributed by atoms with Gasteiger partial charge < -0.3 is 10.2 Å². The first-order valence-corrected chi connectivity index (χ1v) is 8.70. The summed E-state index contributed by atoms with van der Waals surface area (Å²) in [6.07, 6.45) is 11.5. The molecule has 1 heterocycles. The van der Waals surface area contributed by atoms with Crippen LogP contribution in [0.5, 0.6) is 0 Å². The van der Waals surface area contributed by atoms with Gasteiger partial charge in [-0.1, -0.05) is 26.7 Å². The van der Waals surface area contributed by atoms with Gasteiger partial charge in [-0.15, -0.1) is 0 Å². The zero-order chi connectivity index (χ0) is 13.5. The maximum Gasteiger partial charge on any atom is 0.00952 e. The zero-order valence-electron chi connectivity index (χ0n) is 13.2. The molecule has 1 saturated carbocycles. The van der Waals surface area contributed by atoms with Crippen LogP contribution in [0.2, 0.25) is 0 Å². The highest BCUT2D eigenvalue weighted by molar-refractivity contribution is 4.78. The lowest BCUT2D eigenvalue weighted by atomic mass is 10.0. The van der Waals surface area contributed by atoms with Gasteiger partial charge in [-0.3, -0.25) is 0 Å². The Labute approximate surface area is 120 Å². The molecule has 0 radical (unpaired) electrons. The van der Waals surface area contributed by atoms with Gasteiger partial charge in [0, 0.05) is 6.04 Å². The lowest BCUT2D eigenvalue weighted by Crippen LogP contribution is -2.35. The molecule has 0 bridgehead atoms. The van der Waals surface area contributed by atoms with E-state index < -0.39 is 0 Å². The van der Waals surface area contributed by atoms with Gasteiger partial charge in [0.25, 0.3) is 0 Å². The third kappa shape index (κ3) is 5.43. The van der Waals surface area contributed by atoms with E-state index in [9.17, 15) is 0 Å². The number of nitrogens with zero attached hydrogens (tertiary/aromatic N) is 1. The highest BCUT2D eigenvalue weighted by atomic mass is 15.2. The Morgan fingerprint density at radius 1 is 1.11 bits per heavy atom. The Bertz CT molecular complexity index is 227. The van der Waals surface area contributed by atoms with Crippen molar-refractivity contribution in [2.45, 2.75) is 71.3 Å². The molecule has 2 heteroatoms. The summed E-state index contributed by atoms with van der Waals surface area (Å²) in [6.45, 7) is 9.94. The second-order valence-corrected chi connectivity index (χ2v) is 7.16. The van der Waals surface area contributed by atoms with Crippen LogP contribution in [-0.2, 0) is 0 Å². The quantitative estimate of drug-likeness (QED) is 0.721.